The number of carbonyl (C=O) groups excluding carboxylic acids is 4. The molecule has 7 nitrogen and oxygen atoms in total. The first-order chi connectivity index (χ1) is 9.27. The van der Waals surface area contributed by atoms with Gasteiger partial charge in [-0.05, 0) is 0 Å². The van der Waals surface area contributed by atoms with Crippen LogP contribution >= 0.6 is 0 Å². The fraction of sp³-hybridized carbons (Fsp3) is 0.538. The first-order valence-corrected chi connectivity index (χ1v) is 6.05. The summed E-state index contributed by atoms with van der Waals surface area (Å²) in [5.74, 6) is -1.97. The number of esters is 2. The lowest BCUT2D eigenvalue weighted by Gasteiger charge is -2.17. The summed E-state index contributed by atoms with van der Waals surface area (Å²) in [5.41, 5.74) is -0.703. The van der Waals surface area contributed by atoms with Gasteiger partial charge in [0.25, 0.3) is 0 Å². The van der Waals surface area contributed by atoms with Crippen molar-refractivity contribution in [3.8, 4) is 0 Å². The molecule has 1 aliphatic heterocycles. The van der Waals surface area contributed by atoms with Gasteiger partial charge in [0.2, 0.25) is 11.8 Å². The van der Waals surface area contributed by atoms with Crippen molar-refractivity contribution in [2.24, 2.45) is 5.41 Å². The Labute approximate surface area is 116 Å². The highest BCUT2D eigenvalue weighted by Crippen LogP contribution is 2.31. The average molecular weight is 283 g/mol. The van der Waals surface area contributed by atoms with Gasteiger partial charge in [0.05, 0.1) is 19.1 Å². The Morgan fingerprint density at radius 2 is 1.85 bits per heavy atom. The maximum Gasteiger partial charge on any atom is 0.331 e. The van der Waals surface area contributed by atoms with Crippen molar-refractivity contribution < 1.29 is 28.7 Å². The van der Waals surface area contributed by atoms with Crippen LogP contribution in [0.2, 0.25) is 0 Å². The number of methoxy groups -OCH3 is 1. The largest absolute Gasteiger partial charge is 0.466 e. The quantitative estimate of drug-likeness (QED) is 0.402. The monoisotopic (exact) mass is 283 g/mol. The molecule has 1 aliphatic rings. The Morgan fingerprint density at radius 3 is 2.35 bits per heavy atom. The van der Waals surface area contributed by atoms with Gasteiger partial charge in [-0.1, -0.05) is 13.8 Å². The molecule has 20 heavy (non-hydrogen) atoms. The molecule has 1 heterocycles. The van der Waals surface area contributed by atoms with Crippen LogP contribution in [0.1, 0.15) is 20.3 Å². The van der Waals surface area contributed by atoms with Crippen molar-refractivity contribution in [1.82, 2.24) is 4.90 Å². The minimum absolute atomic E-state index is 0.0128. The van der Waals surface area contributed by atoms with Gasteiger partial charge in [-0.15, -0.1) is 0 Å². The maximum atomic E-state index is 11.9. The van der Waals surface area contributed by atoms with E-state index in [9.17, 15) is 19.2 Å². The first kappa shape index (κ1) is 15.9. The van der Waals surface area contributed by atoms with Gasteiger partial charge in [0.15, 0.2) is 0 Å². The van der Waals surface area contributed by atoms with Crippen LogP contribution in [0.25, 0.3) is 0 Å². The van der Waals surface area contributed by atoms with E-state index in [-0.39, 0.29) is 31.4 Å². The topological polar surface area (TPSA) is 90.0 Å². The third-order valence-corrected chi connectivity index (χ3v) is 2.83. The van der Waals surface area contributed by atoms with Crippen LogP contribution in [-0.4, -0.2) is 48.9 Å². The van der Waals surface area contributed by atoms with Crippen molar-refractivity contribution in [2.75, 3.05) is 20.3 Å². The summed E-state index contributed by atoms with van der Waals surface area (Å²) in [6.45, 7) is 3.29. The van der Waals surface area contributed by atoms with Crippen LogP contribution < -0.4 is 0 Å². The number of imide groups is 1. The summed E-state index contributed by atoms with van der Waals surface area (Å²) in [6.07, 6.45) is 2.00. The van der Waals surface area contributed by atoms with Crippen molar-refractivity contribution in [1.29, 1.82) is 0 Å². The molecule has 0 aliphatic carbocycles. The highest BCUT2D eigenvalue weighted by Gasteiger charge is 2.44. The van der Waals surface area contributed by atoms with Crippen LogP contribution in [0.4, 0.5) is 0 Å². The summed E-state index contributed by atoms with van der Waals surface area (Å²) in [5, 5.41) is 0. The lowest BCUT2D eigenvalue weighted by Crippen LogP contribution is -2.35. The van der Waals surface area contributed by atoms with Gasteiger partial charge in [0.1, 0.15) is 6.61 Å². The summed E-state index contributed by atoms with van der Waals surface area (Å²) in [4.78, 5) is 46.5. The standard InChI is InChI=1S/C13H17NO6/c1-13(2)8-9(15)14(12(13)18)6-7-20-11(17)5-4-10(16)19-3/h4-5H,6-8H2,1-3H3/b5-4+. The molecular formula is C13H17NO6. The molecule has 0 spiro atoms. The highest BCUT2D eigenvalue weighted by molar-refractivity contribution is 6.05. The Morgan fingerprint density at radius 1 is 1.25 bits per heavy atom. The van der Waals surface area contributed by atoms with E-state index in [1.165, 1.54) is 7.11 Å². The van der Waals surface area contributed by atoms with Gasteiger partial charge in [-0.25, -0.2) is 9.59 Å². The molecule has 0 aromatic rings. The molecule has 0 bridgehead atoms. The average Bonchev–Trinajstić information content (AvgIpc) is 2.57. The number of rotatable bonds is 5. The highest BCUT2D eigenvalue weighted by atomic mass is 16.5. The molecule has 0 N–H and O–H groups in total. The summed E-state index contributed by atoms with van der Waals surface area (Å²) >= 11 is 0. The summed E-state index contributed by atoms with van der Waals surface area (Å²) in [7, 11) is 1.18. The third kappa shape index (κ3) is 3.91. The Kier molecular flexibility index (Phi) is 5.01. The van der Waals surface area contributed by atoms with Gasteiger partial charge < -0.3 is 9.47 Å². The first-order valence-electron chi connectivity index (χ1n) is 6.05. The molecule has 110 valence electrons. The molecule has 1 saturated heterocycles. The van der Waals surface area contributed by atoms with Crippen LogP contribution in [0, 0.1) is 5.41 Å². The van der Waals surface area contributed by atoms with E-state index in [0.717, 1.165) is 17.1 Å². The molecule has 0 saturated carbocycles. The number of carbonyl (C=O) groups is 4. The minimum atomic E-state index is -0.742. The van der Waals surface area contributed by atoms with E-state index in [1.54, 1.807) is 13.8 Å². The van der Waals surface area contributed by atoms with E-state index in [2.05, 4.69) is 4.74 Å². The zero-order valence-electron chi connectivity index (χ0n) is 11.7. The van der Waals surface area contributed by atoms with Crippen molar-refractivity contribution in [3.63, 3.8) is 0 Å². The SMILES string of the molecule is COC(=O)/C=C/C(=O)OCCN1C(=O)CC(C)(C)C1=O. The zero-order valence-corrected chi connectivity index (χ0v) is 11.7. The second-order valence-corrected chi connectivity index (χ2v) is 4.94. The predicted octanol–water partition coefficient (Wildman–Crippen LogP) is 0.0439. The van der Waals surface area contributed by atoms with Crippen LogP contribution in [0.3, 0.4) is 0 Å². The fourth-order valence-electron chi connectivity index (χ4n) is 1.74. The summed E-state index contributed by atoms with van der Waals surface area (Å²) < 4.78 is 9.09. The molecule has 7 heteroatoms. The van der Waals surface area contributed by atoms with E-state index in [1.807, 2.05) is 0 Å². The smallest absolute Gasteiger partial charge is 0.331 e. The van der Waals surface area contributed by atoms with Crippen LogP contribution in [0.5, 0.6) is 0 Å². The van der Waals surface area contributed by atoms with Gasteiger partial charge >= 0.3 is 11.9 Å². The Bertz CT molecular complexity index is 465. The molecule has 1 fully saturated rings. The molecule has 0 unspecified atom stereocenters. The van der Waals surface area contributed by atoms with Crippen molar-refractivity contribution >= 4 is 23.8 Å². The van der Waals surface area contributed by atoms with Crippen LogP contribution in [0.15, 0.2) is 12.2 Å². The van der Waals surface area contributed by atoms with Crippen molar-refractivity contribution in [2.45, 2.75) is 20.3 Å². The van der Waals surface area contributed by atoms with E-state index in [4.69, 9.17) is 4.74 Å². The zero-order chi connectivity index (χ0) is 15.3. The predicted molar refractivity (Wildman–Crippen MR) is 67.2 cm³/mol. The molecule has 0 radical (unpaired) electrons. The normalized spacial score (nSPS) is 17.6. The molecule has 0 aromatic carbocycles. The lowest BCUT2D eigenvalue weighted by molar-refractivity contribution is -0.145. The number of hydrogen-bond donors (Lipinski definition) is 0. The van der Waals surface area contributed by atoms with Gasteiger partial charge in [-0.2, -0.15) is 0 Å². The summed E-state index contributed by atoms with van der Waals surface area (Å²) in [6, 6.07) is 0. The van der Waals surface area contributed by atoms with Crippen molar-refractivity contribution in [3.05, 3.63) is 12.2 Å². The van der Waals surface area contributed by atoms with Gasteiger partial charge in [0, 0.05) is 18.6 Å². The molecule has 0 atom stereocenters. The number of nitrogens with zero attached hydrogens (tertiary/aromatic N) is 1. The Balaban J connectivity index is 2.40. The number of likely N-dealkylation sites (tertiary alicyclic amines) is 1. The second kappa shape index (κ2) is 6.31. The minimum Gasteiger partial charge on any atom is -0.466 e. The third-order valence-electron chi connectivity index (χ3n) is 2.83. The lowest BCUT2D eigenvalue weighted by atomic mass is 9.92. The molecule has 2 amide bonds. The van der Waals surface area contributed by atoms with Crippen LogP contribution in [-0.2, 0) is 28.7 Å². The maximum absolute atomic E-state index is 11.9. The Hall–Kier alpha value is -2.18. The van der Waals surface area contributed by atoms with Gasteiger partial charge in [-0.3, -0.25) is 14.5 Å². The molecular weight excluding hydrogens is 266 g/mol. The molecule has 0 aromatic heterocycles. The van der Waals surface area contributed by atoms with E-state index >= 15 is 0 Å². The van der Waals surface area contributed by atoms with E-state index in [0.29, 0.717) is 0 Å². The second-order valence-electron chi connectivity index (χ2n) is 4.94. The number of ether oxygens (including phenoxy) is 2. The number of amides is 2. The van der Waals surface area contributed by atoms with E-state index < -0.39 is 17.4 Å². The number of hydrogen-bond acceptors (Lipinski definition) is 6. The molecule has 1 rings (SSSR count). The fourth-order valence-corrected chi connectivity index (χ4v) is 1.74.